The van der Waals surface area contributed by atoms with Gasteiger partial charge in [0.25, 0.3) is 0 Å². The fraction of sp³-hybridized carbons (Fsp3) is 0.200. The second-order valence-electron chi connectivity index (χ2n) is 4.53. The van der Waals surface area contributed by atoms with E-state index >= 15 is 0 Å². The van der Waals surface area contributed by atoms with Crippen LogP contribution in [-0.2, 0) is 6.54 Å². The number of halogens is 2. The summed E-state index contributed by atoms with van der Waals surface area (Å²) in [5, 5.41) is 4.15. The molecule has 0 bridgehead atoms. The molecule has 0 aliphatic carbocycles. The molecule has 2 aromatic carbocycles. The van der Waals surface area contributed by atoms with Gasteiger partial charge in [-0.25, -0.2) is 0 Å². The van der Waals surface area contributed by atoms with E-state index in [1.54, 1.807) is 0 Å². The number of nitrogens with zero attached hydrogens (tertiary/aromatic N) is 1. The summed E-state index contributed by atoms with van der Waals surface area (Å²) in [5.41, 5.74) is 3.35. The van der Waals surface area contributed by atoms with Crippen molar-refractivity contribution < 1.29 is 0 Å². The van der Waals surface area contributed by atoms with E-state index in [2.05, 4.69) is 50.4 Å². The first-order valence-electron chi connectivity index (χ1n) is 6.01. The number of anilines is 2. The summed E-state index contributed by atoms with van der Waals surface area (Å²) in [4.78, 5) is 2.08. The van der Waals surface area contributed by atoms with Gasteiger partial charge in [-0.2, -0.15) is 0 Å². The Morgan fingerprint density at radius 1 is 1.11 bits per heavy atom. The highest BCUT2D eigenvalue weighted by Gasteiger charge is 2.01. The topological polar surface area (TPSA) is 15.3 Å². The first-order valence-corrected chi connectivity index (χ1v) is 7.18. The molecular weight excluding hydrogens is 324 g/mol. The first kappa shape index (κ1) is 14.2. The Kier molecular flexibility index (Phi) is 4.72. The summed E-state index contributed by atoms with van der Waals surface area (Å²) in [6.07, 6.45) is 0. The fourth-order valence-corrected chi connectivity index (χ4v) is 2.35. The second-order valence-corrected chi connectivity index (χ2v) is 5.85. The van der Waals surface area contributed by atoms with Crippen molar-refractivity contribution >= 4 is 38.9 Å². The highest BCUT2D eigenvalue weighted by atomic mass is 79.9. The normalized spacial score (nSPS) is 10.3. The van der Waals surface area contributed by atoms with Gasteiger partial charge in [0, 0.05) is 41.5 Å². The number of rotatable bonds is 4. The lowest BCUT2D eigenvalue weighted by Crippen LogP contribution is -2.08. The van der Waals surface area contributed by atoms with Crippen molar-refractivity contribution in [2.24, 2.45) is 0 Å². The van der Waals surface area contributed by atoms with Gasteiger partial charge in [0.1, 0.15) is 0 Å². The third kappa shape index (κ3) is 3.88. The van der Waals surface area contributed by atoms with Gasteiger partial charge in [-0.15, -0.1) is 0 Å². The maximum absolute atomic E-state index is 6.16. The van der Waals surface area contributed by atoms with Crippen molar-refractivity contribution in [1.82, 2.24) is 0 Å². The minimum absolute atomic E-state index is 0.708. The Bertz CT molecular complexity index is 553. The number of hydrogen-bond acceptors (Lipinski definition) is 2. The van der Waals surface area contributed by atoms with Crippen LogP contribution in [0.3, 0.4) is 0 Å². The molecule has 100 valence electrons. The van der Waals surface area contributed by atoms with Crippen LogP contribution in [-0.4, -0.2) is 14.1 Å². The van der Waals surface area contributed by atoms with E-state index in [-0.39, 0.29) is 0 Å². The quantitative estimate of drug-likeness (QED) is 0.862. The van der Waals surface area contributed by atoms with Crippen LogP contribution < -0.4 is 10.2 Å². The Hall–Kier alpha value is -1.19. The molecule has 0 aromatic heterocycles. The van der Waals surface area contributed by atoms with Crippen molar-refractivity contribution in [3.63, 3.8) is 0 Å². The third-order valence-corrected chi connectivity index (χ3v) is 3.74. The molecular formula is C15H16BrClN2. The lowest BCUT2D eigenvalue weighted by Gasteiger charge is -2.13. The van der Waals surface area contributed by atoms with Crippen molar-refractivity contribution in [3.05, 3.63) is 57.5 Å². The van der Waals surface area contributed by atoms with Crippen molar-refractivity contribution in [1.29, 1.82) is 0 Å². The average Bonchev–Trinajstić information content (AvgIpc) is 2.40. The van der Waals surface area contributed by atoms with Crippen molar-refractivity contribution in [3.8, 4) is 0 Å². The summed E-state index contributed by atoms with van der Waals surface area (Å²) < 4.78 is 1.04. The van der Waals surface area contributed by atoms with E-state index in [4.69, 9.17) is 11.6 Å². The Balaban J connectivity index is 2.04. The molecule has 2 aromatic rings. The predicted molar refractivity (Wildman–Crippen MR) is 87.2 cm³/mol. The molecule has 2 rings (SSSR count). The molecule has 0 unspecified atom stereocenters. The lowest BCUT2D eigenvalue weighted by molar-refractivity contribution is 1.12. The SMILES string of the molecule is CN(C)c1ccc(NCc2cc(Br)ccc2Cl)cc1. The Morgan fingerprint density at radius 3 is 2.42 bits per heavy atom. The molecule has 0 saturated heterocycles. The van der Waals surface area contributed by atoms with Gasteiger partial charge >= 0.3 is 0 Å². The van der Waals surface area contributed by atoms with Gasteiger partial charge in [-0.05, 0) is 48.0 Å². The molecule has 4 heteroatoms. The third-order valence-electron chi connectivity index (χ3n) is 2.87. The van der Waals surface area contributed by atoms with Gasteiger partial charge in [-0.1, -0.05) is 27.5 Å². The molecule has 0 spiro atoms. The van der Waals surface area contributed by atoms with Crippen LogP contribution in [0, 0.1) is 0 Å². The number of benzene rings is 2. The molecule has 0 fully saturated rings. The van der Waals surface area contributed by atoms with Gasteiger partial charge in [0.05, 0.1) is 0 Å². The maximum Gasteiger partial charge on any atom is 0.0456 e. The average molecular weight is 340 g/mol. The summed E-state index contributed by atoms with van der Waals surface area (Å²) in [6.45, 7) is 0.708. The highest BCUT2D eigenvalue weighted by molar-refractivity contribution is 9.10. The molecule has 0 amide bonds. The fourth-order valence-electron chi connectivity index (χ4n) is 1.75. The summed E-state index contributed by atoms with van der Waals surface area (Å²) in [7, 11) is 4.06. The minimum Gasteiger partial charge on any atom is -0.381 e. The Labute approximate surface area is 127 Å². The predicted octanol–water partition coefficient (Wildman–Crippen LogP) is 4.78. The molecule has 0 heterocycles. The molecule has 0 aliphatic heterocycles. The van der Waals surface area contributed by atoms with E-state index in [0.717, 1.165) is 20.7 Å². The molecule has 0 saturated carbocycles. The standard InChI is InChI=1S/C15H16BrClN2/c1-19(2)14-6-4-13(5-7-14)18-10-11-9-12(16)3-8-15(11)17/h3-9,18H,10H2,1-2H3. The summed E-state index contributed by atoms with van der Waals surface area (Å²) in [5.74, 6) is 0. The van der Waals surface area contributed by atoms with E-state index in [1.165, 1.54) is 5.69 Å². The van der Waals surface area contributed by atoms with Gasteiger partial charge in [0.15, 0.2) is 0 Å². The first-order chi connectivity index (χ1) is 9.06. The van der Waals surface area contributed by atoms with Crippen LogP contribution >= 0.6 is 27.5 Å². The largest absolute Gasteiger partial charge is 0.381 e. The van der Waals surface area contributed by atoms with Crippen LogP contribution in [0.4, 0.5) is 11.4 Å². The molecule has 2 nitrogen and oxygen atoms in total. The molecule has 0 radical (unpaired) electrons. The van der Waals surface area contributed by atoms with Crippen LogP contribution in [0.2, 0.25) is 5.02 Å². The van der Waals surface area contributed by atoms with E-state index < -0.39 is 0 Å². The van der Waals surface area contributed by atoms with Crippen molar-refractivity contribution in [2.45, 2.75) is 6.54 Å². The number of hydrogen-bond donors (Lipinski definition) is 1. The van der Waals surface area contributed by atoms with Crippen LogP contribution in [0.15, 0.2) is 46.9 Å². The van der Waals surface area contributed by atoms with E-state index in [1.807, 2.05) is 32.3 Å². The smallest absolute Gasteiger partial charge is 0.0456 e. The van der Waals surface area contributed by atoms with Gasteiger partial charge < -0.3 is 10.2 Å². The lowest BCUT2D eigenvalue weighted by atomic mass is 10.2. The van der Waals surface area contributed by atoms with Crippen molar-refractivity contribution in [2.75, 3.05) is 24.3 Å². The van der Waals surface area contributed by atoms with Crippen LogP contribution in [0.5, 0.6) is 0 Å². The molecule has 1 N–H and O–H groups in total. The minimum atomic E-state index is 0.708. The summed E-state index contributed by atoms with van der Waals surface area (Å²) in [6, 6.07) is 14.2. The molecule has 0 atom stereocenters. The highest BCUT2D eigenvalue weighted by Crippen LogP contribution is 2.22. The van der Waals surface area contributed by atoms with Crippen LogP contribution in [0.25, 0.3) is 0 Å². The monoisotopic (exact) mass is 338 g/mol. The van der Waals surface area contributed by atoms with Gasteiger partial charge in [0.2, 0.25) is 0 Å². The van der Waals surface area contributed by atoms with E-state index in [0.29, 0.717) is 6.54 Å². The summed E-state index contributed by atoms with van der Waals surface area (Å²) >= 11 is 9.62. The molecule has 0 aliphatic rings. The van der Waals surface area contributed by atoms with Crippen LogP contribution in [0.1, 0.15) is 5.56 Å². The van der Waals surface area contributed by atoms with Gasteiger partial charge in [-0.3, -0.25) is 0 Å². The number of nitrogens with one attached hydrogen (secondary N) is 1. The second kappa shape index (κ2) is 6.31. The zero-order valence-corrected chi connectivity index (χ0v) is 13.3. The molecule has 19 heavy (non-hydrogen) atoms. The Morgan fingerprint density at radius 2 is 1.79 bits per heavy atom. The maximum atomic E-state index is 6.16. The zero-order valence-electron chi connectivity index (χ0n) is 11.0. The zero-order chi connectivity index (χ0) is 13.8. The van der Waals surface area contributed by atoms with E-state index in [9.17, 15) is 0 Å².